The van der Waals surface area contributed by atoms with Crippen molar-refractivity contribution in [3.63, 3.8) is 0 Å². The van der Waals surface area contributed by atoms with E-state index in [9.17, 15) is 4.79 Å². The molecule has 0 aromatic rings. The molecule has 1 amide bonds. The van der Waals surface area contributed by atoms with Crippen LogP contribution in [0.5, 0.6) is 0 Å². The minimum Gasteiger partial charge on any atom is -0.366 e. The van der Waals surface area contributed by atoms with E-state index in [-0.39, 0.29) is 18.1 Å². The van der Waals surface area contributed by atoms with Crippen LogP contribution in [0.2, 0.25) is 0 Å². The Bertz CT molecular complexity index is 344. The Morgan fingerprint density at radius 1 is 1.20 bits per heavy atom. The summed E-state index contributed by atoms with van der Waals surface area (Å²) >= 11 is 0. The maximum atomic E-state index is 12.1. The first-order valence-corrected chi connectivity index (χ1v) is 7.87. The van der Waals surface area contributed by atoms with Crippen LogP contribution in [-0.2, 0) is 9.53 Å². The fourth-order valence-corrected chi connectivity index (χ4v) is 3.14. The number of ether oxygens (including phenoxy) is 1. The SMILES string of the molecule is CC(C)N1CCC2(CC1)CN(C(=O)COC(C)(C)C)C2. The molecule has 0 aliphatic carbocycles. The van der Waals surface area contributed by atoms with Gasteiger partial charge in [0.25, 0.3) is 0 Å². The summed E-state index contributed by atoms with van der Waals surface area (Å²) in [5, 5.41) is 0. The lowest BCUT2D eigenvalue weighted by Gasteiger charge is -2.54. The molecule has 2 fully saturated rings. The molecule has 0 N–H and O–H groups in total. The number of hydrogen-bond acceptors (Lipinski definition) is 3. The molecule has 0 aromatic heterocycles. The van der Waals surface area contributed by atoms with E-state index >= 15 is 0 Å². The number of piperidine rings is 1. The first-order chi connectivity index (χ1) is 9.21. The highest BCUT2D eigenvalue weighted by Crippen LogP contribution is 2.40. The molecule has 0 radical (unpaired) electrons. The molecule has 20 heavy (non-hydrogen) atoms. The minimum absolute atomic E-state index is 0.150. The van der Waals surface area contributed by atoms with Gasteiger partial charge in [-0.2, -0.15) is 0 Å². The maximum Gasteiger partial charge on any atom is 0.248 e. The highest BCUT2D eigenvalue weighted by Gasteiger charge is 2.46. The molecule has 0 bridgehead atoms. The topological polar surface area (TPSA) is 32.8 Å². The third-order valence-corrected chi connectivity index (χ3v) is 4.62. The second-order valence-electron chi connectivity index (χ2n) is 7.78. The molecule has 4 heteroatoms. The fraction of sp³-hybridized carbons (Fsp3) is 0.938. The summed E-state index contributed by atoms with van der Waals surface area (Å²) in [7, 11) is 0. The van der Waals surface area contributed by atoms with Crippen molar-refractivity contribution in [2.24, 2.45) is 5.41 Å². The number of carbonyl (C=O) groups is 1. The number of nitrogens with zero attached hydrogens (tertiary/aromatic N) is 2. The molecule has 0 atom stereocenters. The molecule has 2 aliphatic rings. The van der Waals surface area contributed by atoms with E-state index in [0.29, 0.717) is 11.5 Å². The van der Waals surface area contributed by atoms with E-state index in [2.05, 4.69) is 18.7 Å². The summed E-state index contributed by atoms with van der Waals surface area (Å²) in [6.45, 7) is 14.9. The molecule has 2 aliphatic heterocycles. The average molecular weight is 282 g/mol. The zero-order valence-electron chi connectivity index (χ0n) is 13.7. The van der Waals surface area contributed by atoms with Crippen LogP contribution >= 0.6 is 0 Å². The summed E-state index contributed by atoms with van der Waals surface area (Å²) in [6, 6.07) is 0.644. The van der Waals surface area contributed by atoms with E-state index < -0.39 is 0 Å². The molecule has 1 spiro atoms. The van der Waals surface area contributed by atoms with Gasteiger partial charge in [0.1, 0.15) is 6.61 Å². The van der Waals surface area contributed by atoms with Gasteiger partial charge in [-0.1, -0.05) is 0 Å². The standard InChI is InChI=1S/C16H30N2O2/c1-13(2)17-8-6-16(7-9-17)11-18(12-16)14(19)10-20-15(3,4)5/h13H,6-12H2,1-5H3. The molecule has 0 unspecified atom stereocenters. The molecule has 4 nitrogen and oxygen atoms in total. The number of hydrogen-bond donors (Lipinski definition) is 0. The van der Waals surface area contributed by atoms with Gasteiger partial charge in [-0.15, -0.1) is 0 Å². The van der Waals surface area contributed by atoms with E-state index in [1.165, 1.54) is 25.9 Å². The van der Waals surface area contributed by atoms with Crippen LogP contribution in [0.25, 0.3) is 0 Å². The van der Waals surface area contributed by atoms with Crippen LogP contribution in [-0.4, -0.2) is 60.1 Å². The van der Waals surface area contributed by atoms with Gasteiger partial charge < -0.3 is 14.5 Å². The Morgan fingerprint density at radius 2 is 1.75 bits per heavy atom. The Labute approximate surface area is 123 Å². The summed E-state index contributed by atoms with van der Waals surface area (Å²) in [5.41, 5.74) is 0.170. The third kappa shape index (κ3) is 3.73. The molecule has 2 rings (SSSR count). The van der Waals surface area contributed by atoms with Gasteiger partial charge in [0.2, 0.25) is 5.91 Å². The molecule has 116 valence electrons. The molecule has 0 saturated carbocycles. The summed E-state index contributed by atoms with van der Waals surface area (Å²) in [6.07, 6.45) is 2.46. The lowest BCUT2D eigenvalue weighted by atomic mass is 9.72. The largest absolute Gasteiger partial charge is 0.366 e. The fourth-order valence-electron chi connectivity index (χ4n) is 3.14. The number of amides is 1. The average Bonchev–Trinajstić information content (AvgIpc) is 2.32. The lowest BCUT2D eigenvalue weighted by Crippen LogP contribution is -2.63. The quantitative estimate of drug-likeness (QED) is 0.795. The van der Waals surface area contributed by atoms with Crippen molar-refractivity contribution in [2.75, 3.05) is 32.8 Å². The summed E-state index contributed by atoms with van der Waals surface area (Å²) < 4.78 is 5.57. The van der Waals surface area contributed by atoms with Gasteiger partial charge in [-0.25, -0.2) is 0 Å². The predicted octanol–water partition coefficient (Wildman–Crippen LogP) is 2.13. The lowest BCUT2D eigenvalue weighted by molar-refractivity contribution is -0.156. The van der Waals surface area contributed by atoms with Crippen LogP contribution in [0.3, 0.4) is 0 Å². The van der Waals surface area contributed by atoms with E-state index in [1.54, 1.807) is 0 Å². The van der Waals surface area contributed by atoms with Crippen molar-refractivity contribution in [3.8, 4) is 0 Å². The van der Waals surface area contributed by atoms with E-state index in [0.717, 1.165) is 13.1 Å². The predicted molar refractivity (Wildman–Crippen MR) is 80.7 cm³/mol. The molecular formula is C16H30N2O2. The second kappa shape index (κ2) is 5.64. The third-order valence-electron chi connectivity index (χ3n) is 4.62. The van der Waals surface area contributed by atoms with E-state index in [1.807, 2.05) is 25.7 Å². The van der Waals surface area contributed by atoms with Crippen LogP contribution in [0, 0.1) is 5.41 Å². The highest BCUT2D eigenvalue weighted by atomic mass is 16.5. The summed E-state index contributed by atoms with van der Waals surface area (Å²) in [4.78, 5) is 16.6. The van der Waals surface area contributed by atoms with Gasteiger partial charge in [0, 0.05) is 24.5 Å². The van der Waals surface area contributed by atoms with Crippen LogP contribution in [0.1, 0.15) is 47.5 Å². The molecule has 0 aromatic carbocycles. The zero-order valence-corrected chi connectivity index (χ0v) is 13.7. The minimum atomic E-state index is -0.235. The van der Waals surface area contributed by atoms with Crippen molar-refractivity contribution in [2.45, 2.75) is 59.1 Å². The Kier molecular flexibility index (Phi) is 4.45. The Balaban J connectivity index is 1.73. The van der Waals surface area contributed by atoms with Gasteiger partial charge in [0.05, 0.1) is 5.60 Å². The smallest absolute Gasteiger partial charge is 0.248 e. The molecular weight excluding hydrogens is 252 g/mol. The van der Waals surface area contributed by atoms with Crippen LogP contribution in [0.15, 0.2) is 0 Å². The molecule has 2 heterocycles. The number of carbonyl (C=O) groups excluding carboxylic acids is 1. The number of rotatable bonds is 3. The first kappa shape index (κ1) is 15.8. The van der Waals surface area contributed by atoms with Crippen molar-refractivity contribution >= 4 is 5.91 Å². The maximum absolute atomic E-state index is 12.1. The first-order valence-electron chi connectivity index (χ1n) is 7.87. The molecule has 2 saturated heterocycles. The van der Waals surface area contributed by atoms with Gasteiger partial charge in [0.15, 0.2) is 0 Å². The Morgan fingerprint density at radius 3 is 2.20 bits per heavy atom. The van der Waals surface area contributed by atoms with Crippen LogP contribution in [0.4, 0.5) is 0 Å². The monoisotopic (exact) mass is 282 g/mol. The van der Waals surface area contributed by atoms with Crippen molar-refractivity contribution < 1.29 is 9.53 Å². The van der Waals surface area contributed by atoms with Crippen molar-refractivity contribution in [3.05, 3.63) is 0 Å². The van der Waals surface area contributed by atoms with Crippen LogP contribution < -0.4 is 0 Å². The second-order valence-corrected chi connectivity index (χ2v) is 7.78. The van der Waals surface area contributed by atoms with Gasteiger partial charge in [-0.05, 0) is 60.5 Å². The van der Waals surface area contributed by atoms with Gasteiger partial charge >= 0.3 is 0 Å². The summed E-state index contributed by atoms with van der Waals surface area (Å²) in [5.74, 6) is 0.150. The zero-order chi connectivity index (χ0) is 15.0. The normalized spacial score (nSPS) is 23.2. The number of likely N-dealkylation sites (tertiary alicyclic amines) is 2. The highest BCUT2D eigenvalue weighted by molar-refractivity contribution is 5.78. The van der Waals surface area contributed by atoms with Crippen molar-refractivity contribution in [1.82, 2.24) is 9.80 Å². The van der Waals surface area contributed by atoms with Crippen molar-refractivity contribution in [1.29, 1.82) is 0 Å². The Hall–Kier alpha value is -0.610. The van der Waals surface area contributed by atoms with Gasteiger partial charge in [-0.3, -0.25) is 4.79 Å². The van der Waals surface area contributed by atoms with E-state index in [4.69, 9.17) is 4.74 Å².